The number of hydrogen-bond donors (Lipinski definition) is 2. The van der Waals surface area contributed by atoms with Gasteiger partial charge in [-0.05, 0) is 108 Å². The minimum atomic E-state index is -0.633. The van der Waals surface area contributed by atoms with Crippen molar-refractivity contribution >= 4 is 34.2 Å². The van der Waals surface area contributed by atoms with Gasteiger partial charge in [0.2, 0.25) is 5.89 Å². The number of nitrogens with one attached hydrogen (secondary N) is 2. The predicted octanol–water partition coefficient (Wildman–Crippen LogP) is 6.47. The zero-order valence-corrected chi connectivity index (χ0v) is 26.4. The van der Waals surface area contributed by atoms with Crippen LogP contribution in [0.2, 0.25) is 0 Å². The fraction of sp³-hybridized carbons (Fsp3) is 0.471. The molecule has 44 heavy (non-hydrogen) atoms. The van der Waals surface area contributed by atoms with Gasteiger partial charge in [0.05, 0.1) is 12.1 Å². The van der Waals surface area contributed by atoms with Gasteiger partial charge in [-0.3, -0.25) is 4.79 Å². The molecule has 6 rings (SSSR count). The molecule has 0 aliphatic heterocycles. The molecule has 10 heteroatoms. The number of carbonyl (C=O) groups excluding carboxylic acids is 2. The molecule has 2 aromatic carbocycles. The van der Waals surface area contributed by atoms with Crippen molar-refractivity contribution in [3.05, 3.63) is 63.3 Å². The highest BCUT2D eigenvalue weighted by Crippen LogP contribution is 2.41. The van der Waals surface area contributed by atoms with Crippen molar-refractivity contribution in [1.82, 2.24) is 20.2 Å². The molecule has 0 saturated heterocycles. The molecule has 4 aromatic rings. The molecule has 2 aliphatic rings. The van der Waals surface area contributed by atoms with Crippen LogP contribution in [0.15, 0.2) is 39.5 Å². The average molecular weight is 601 g/mol. The summed E-state index contributed by atoms with van der Waals surface area (Å²) in [6.07, 6.45) is 2.35. The van der Waals surface area contributed by atoms with Gasteiger partial charge in [-0.15, -0.1) is 0 Å². The van der Waals surface area contributed by atoms with Crippen LogP contribution in [0.25, 0.3) is 33.1 Å². The van der Waals surface area contributed by atoms with Crippen LogP contribution in [0.4, 0.5) is 9.59 Å². The summed E-state index contributed by atoms with van der Waals surface area (Å²) in [5, 5.41) is 6.48. The molecule has 2 N–H and O–H groups in total. The molecule has 1 atom stereocenters. The lowest BCUT2D eigenvalue weighted by Gasteiger charge is -2.21. The smallest absolute Gasteiger partial charge is 0.408 e. The fourth-order valence-electron chi connectivity index (χ4n) is 5.99. The van der Waals surface area contributed by atoms with E-state index in [-0.39, 0.29) is 35.6 Å². The third-order valence-corrected chi connectivity index (χ3v) is 7.87. The third-order valence-electron chi connectivity index (χ3n) is 7.87. The number of hydrogen-bond acceptors (Lipinski definition) is 7. The Morgan fingerprint density at radius 1 is 0.977 bits per heavy atom. The van der Waals surface area contributed by atoms with Crippen molar-refractivity contribution in [2.75, 3.05) is 0 Å². The van der Waals surface area contributed by atoms with E-state index >= 15 is 0 Å². The van der Waals surface area contributed by atoms with E-state index in [2.05, 4.69) is 39.9 Å². The van der Waals surface area contributed by atoms with Gasteiger partial charge in [-0.25, -0.2) is 14.6 Å². The largest absolute Gasteiger partial charge is 0.444 e. The van der Waals surface area contributed by atoms with E-state index in [1.165, 1.54) is 11.1 Å². The van der Waals surface area contributed by atoms with E-state index in [0.29, 0.717) is 5.58 Å². The number of benzene rings is 2. The fourth-order valence-corrected chi connectivity index (χ4v) is 5.99. The molecule has 0 spiro atoms. The highest BCUT2D eigenvalue weighted by atomic mass is 16.6. The number of oxazole rings is 1. The normalized spacial score (nSPS) is 16.7. The SMILES string of the molecule is Cc1c(-c2ccc3c(c2)CC(NC(=O)OC(C)(C)C)C3)ccc2c3oc(CNC(=O)OC(C)(C)C)nc3c(=O)n(C3CC3)c12. The molecule has 2 aliphatic carbocycles. The van der Waals surface area contributed by atoms with Crippen LogP contribution in [0.3, 0.4) is 0 Å². The summed E-state index contributed by atoms with van der Waals surface area (Å²) < 4.78 is 18.7. The number of rotatable bonds is 5. The van der Waals surface area contributed by atoms with Gasteiger partial charge in [-0.2, -0.15) is 0 Å². The molecule has 10 nitrogen and oxygen atoms in total. The highest BCUT2D eigenvalue weighted by Gasteiger charge is 2.31. The number of pyridine rings is 1. The maximum absolute atomic E-state index is 13.8. The first-order valence-corrected chi connectivity index (χ1v) is 15.2. The van der Waals surface area contributed by atoms with Crippen molar-refractivity contribution in [3.63, 3.8) is 0 Å². The van der Waals surface area contributed by atoms with Gasteiger partial charge >= 0.3 is 12.2 Å². The summed E-state index contributed by atoms with van der Waals surface area (Å²) >= 11 is 0. The van der Waals surface area contributed by atoms with Crippen molar-refractivity contribution in [3.8, 4) is 11.1 Å². The lowest BCUT2D eigenvalue weighted by atomic mass is 9.95. The van der Waals surface area contributed by atoms with Crippen molar-refractivity contribution in [1.29, 1.82) is 0 Å². The van der Waals surface area contributed by atoms with Crippen molar-refractivity contribution in [2.24, 2.45) is 0 Å². The molecule has 1 unspecified atom stereocenters. The maximum atomic E-state index is 13.8. The molecule has 2 heterocycles. The Kier molecular flexibility index (Phi) is 7.21. The second-order valence-corrected chi connectivity index (χ2v) is 13.9. The first-order chi connectivity index (χ1) is 20.7. The Balaban J connectivity index is 1.32. The standard InChI is InChI=1S/C34H40N4O6/c1-18-24(20-9-8-19-15-22(16-21(19)14-20)36-32(41)44-34(5,6)7)12-13-25-28(18)38(23-10-11-23)30(39)27-29(25)42-26(37-27)17-35-31(40)43-33(2,3)4/h8-9,12-14,22-23H,10-11,15-17H2,1-7H3,(H,35,40)(H,36,41). The van der Waals surface area contributed by atoms with E-state index in [1.807, 2.05) is 38.3 Å². The molecule has 0 radical (unpaired) electrons. The zero-order chi connectivity index (χ0) is 31.6. The number of carbonyl (C=O) groups is 2. The molecular formula is C34H40N4O6. The Bertz CT molecular complexity index is 1850. The van der Waals surface area contributed by atoms with Gasteiger partial charge in [-0.1, -0.05) is 24.3 Å². The summed E-state index contributed by atoms with van der Waals surface area (Å²) in [5.74, 6) is 0.243. The Morgan fingerprint density at radius 2 is 1.66 bits per heavy atom. The van der Waals surface area contributed by atoms with Gasteiger partial charge in [0.1, 0.15) is 11.2 Å². The van der Waals surface area contributed by atoms with Crippen LogP contribution >= 0.6 is 0 Å². The van der Waals surface area contributed by atoms with Gasteiger partial charge in [0.15, 0.2) is 11.1 Å². The molecule has 1 saturated carbocycles. The van der Waals surface area contributed by atoms with E-state index in [9.17, 15) is 14.4 Å². The first-order valence-electron chi connectivity index (χ1n) is 15.2. The summed E-state index contributed by atoms with van der Waals surface area (Å²) in [5.41, 5.74) is 5.62. The molecule has 2 aromatic heterocycles. The Hall–Kier alpha value is -4.34. The molecule has 232 valence electrons. The number of aromatic nitrogens is 2. The van der Waals surface area contributed by atoms with E-state index < -0.39 is 23.4 Å². The third kappa shape index (κ3) is 6.02. The predicted molar refractivity (Wildman–Crippen MR) is 168 cm³/mol. The number of amides is 2. The molecular weight excluding hydrogens is 560 g/mol. The number of aryl methyl sites for hydroxylation is 1. The Morgan fingerprint density at radius 3 is 2.34 bits per heavy atom. The lowest BCUT2D eigenvalue weighted by Crippen LogP contribution is -2.39. The highest BCUT2D eigenvalue weighted by molar-refractivity contribution is 6.04. The summed E-state index contributed by atoms with van der Waals surface area (Å²) in [6.45, 7) is 13.0. The molecule has 2 amide bonds. The van der Waals surface area contributed by atoms with Crippen molar-refractivity contribution < 1.29 is 23.5 Å². The van der Waals surface area contributed by atoms with Crippen LogP contribution in [0.1, 0.15) is 83.0 Å². The van der Waals surface area contributed by atoms with Crippen LogP contribution in [0, 0.1) is 6.92 Å². The Labute approximate surface area is 256 Å². The topological polar surface area (TPSA) is 125 Å². The molecule has 0 bridgehead atoms. The van der Waals surface area contributed by atoms with Gasteiger partial charge in [0.25, 0.3) is 5.56 Å². The summed E-state index contributed by atoms with van der Waals surface area (Å²) in [4.78, 5) is 42.8. The second kappa shape index (κ2) is 10.7. The number of ether oxygens (including phenoxy) is 2. The number of nitrogens with zero attached hydrogens (tertiary/aromatic N) is 2. The average Bonchev–Trinajstić information content (AvgIpc) is 3.51. The van der Waals surface area contributed by atoms with Crippen LogP contribution < -0.4 is 16.2 Å². The lowest BCUT2D eigenvalue weighted by molar-refractivity contribution is 0.0499. The maximum Gasteiger partial charge on any atom is 0.408 e. The van der Waals surface area contributed by atoms with Crippen molar-refractivity contribution in [2.45, 2.75) is 104 Å². The molecule has 1 fully saturated rings. The number of fused-ring (bicyclic) bond motifs is 4. The number of alkyl carbamates (subject to hydrolysis) is 2. The minimum Gasteiger partial charge on any atom is -0.444 e. The van der Waals surface area contributed by atoms with Crippen LogP contribution in [-0.2, 0) is 28.9 Å². The minimum absolute atomic E-state index is 0.00389. The van der Waals surface area contributed by atoms with Gasteiger partial charge < -0.3 is 29.1 Å². The van der Waals surface area contributed by atoms with Gasteiger partial charge in [0, 0.05) is 17.5 Å². The van der Waals surface area contributed by atoms with Crippen LogP contribution in [-0.4, -0.2) is 39.0 Å². The van der Waals surface area contributed by atoms with E-state index in [0.717, 1.165) is 53.3 Å². The summed E-state index contributed by atoms with van der Waals surface area (Å²) in [7, 11) is 0. The monoisotopic (exact) mass is 600 g/mol. The zero-order valence-electron chi connectivity index (χ0n) is 26.4. The van der Waals surface area contributed by atoms with E-state index in [1.54, 1.807) is 20.8 Å². The first kappa shape index (κ1) is 29.7. The van der Waals surface area contributed by atoms with Crippen LogP contribution in [0.5, 0.6) is 0 Å². The van der Waals surface area contributed by atoms with E-state index in [4.69, 9.17) is 13.9 Å². The second-order valence-electron chi connectivity index (χ2n) is 13.9. The summed E-state index contributed by atoms with van der Waals surface area (Å²) in [6, 6.07) is 10.6. The quantitative estimate of drug-likeness (QED) is 0.269.